The Balaban J connectivity index is 2.04. The minimum atomic E-state index is 0.231. The lowest BCUT2D eigenvalue weighted by Gasteiger charge is -2.35. The molecule has 1 aliphatic heterocycles. The first-order chi connectivity index (χ1) is 10.3. The highest BCUT2D eigenvalue weighted by molar-refractivity contribution is 7.98. The van der Waals surface area contributed by atoms with E-state index in [-0.39, 0.29) is 6.61 Å². The Morgan fingerprint density at radius 2 is 2.05 bits per heavy atom. The Bertz CT molecular complexity index is 437. The molecule has 2 rings (SSSR count). The molecule has 1 aliphatic rings. The molecule has 6 nitrogen and oxygen atoms in total. The SMILES string of the molecule is CCCNc1cc(N2CCN(CCO)CC2)nc(SC)n1. The number of nitrogens with one attached hydrogen (secondary N) is 1. The average molecular weight is 311 g/mol. The molecule has 7 heteroatoms. The molecule has 0 spiro atoms. The standard InChI is InChI=1S/C14H25N5OS/c1-3-4-15-12-11-13(17-14(16-12)21-2)19-7-5-18(6-8-19)9-10-20/h11,20H,3-10H2,1-2H3,(H,15,16,17). The number of β-amino-alcohol motifs (C(OH)–C–C–N with tert-alkyl or cyclic N) is 1. The van der Waals surface area contributed by atoms with E-state index in [2.05, 4.69) is 32.0 Å². The van der Waals surface area contributed by atoms with E-state index < -0.39 is 0 Å². The van der Waals surface area contributed by atoms with E-state index in [9.17, 15) is 0 Å². The number of nitrogens with zero attached hydrogens (tertiary/aromatic N) is 4. The van der Waals surface area contributed by atoms with Crippen LogP contribution in [0.1, 0.15) is 13.3 Å². The van der Waals surface area contributed by atoms with Crippen LogP contribution in [0.2, 0.25) is 0 Å². The molecule has 0 radical (unpaired) electrons. The fourth-order valence-electron chi connectivity index (χ4n) is 2.35. The summed E-state index contributed by atoms with van der Waals surface area (Å²) in [5.41, 5.74) is 0. The minimum absolute atomic E-state index is 0.231. The molecule has 21 heavy (non-hydrogen) atoms. The maximum atomic E-state index is 9.00. The number of hydrogen-bond acceptors (Lipinski definition) is 7. The number of piperazine rings is 1. The Morgan fingerprint density at radius 1 is 1.29 bits per heavy atom. The monoisotopic (exact) mass is 311 g/mol. The number of aromatic nitrogens is 2. The lowest BCUT2D eigenvalue weighted by Crippen LogP contribution is -2.47. The molecule has 1 aromatic heterocycles. The molecule has 0 bridgehead atoms. The summed E-state index contributed by atoms with van der Waals surface area (Å²) < 4.78 is 0. The predicted molar refractivity (Wildman–Crippen MR) is 88.3 cm³/mol. The molecule has 0 saturated carbocycles. The van der Waals surface area contributed by atoms with Gasteiger partial charge in [-0.2, -0.15) is 0 Å². The second-order valence-electron chi connectivity index (χ2n) is 5.08. The third-order valence-electron chi connectivity index (χ3n) is 3.54. The molecule has 1 saturated heterocycles. The number of aliphatic hydroxyl groups excluding tert-OH is 1. The normalized spacial score (nSPS) is 16.2. The second-order valence-corrected chi connectivity index (χ2v) is 5.85. The number of hydrogen-bond donors (Lipinski definition) is 2. The van der Waals surface area contributed by atoms with Crippen molar-refractivity contribution in [3.05, 3.63) is 6.07 Å². The van der Waals surface area contributed by atoms with Gasteiger partial charge in [0.15, 0.2) is 5.16 Å². The van der Waals surface area contributed by atoms with Gasteiger partial charge in [-0.05, 0) is 12.7 Å². The van der Waals surface area contributed by atoms with E-state index in [1.165, 1.54) is 0 Å². The molecule has 0 atom stereocenters. The molecule has 0 aliphatic carbocycles. The smallest absolute Gasteiger partial charge is 0.191 e. The summed E-state index contributed by atoms with van der Waals surface area (Å²) in [6.07, 6.45) is 3.08. The Hall–Kier alpha value is -1.05. The van der Waals surface area contributed by atoms with Gasteiger partial charge in [0.05, 0.1) is 6.61 Å². The summed E-state index contributed by atoms with van der Waals surface area (Å²) in [7, 11) is 0. The summed E-state index contributed by atoms with van der Waals surface area (Å²) in [6, 6.07) is 2.04. The van der Waals surface area contributed by atoms with Gasteiger partial charge >= 0.3 is 0 Å². The number of thioether (sulfide) groups is 1. The maximum Gasteiger partial charge on any atom is 0.191 e. The lowest BCUT2D eigenvalue weighted by atomic mass is 10.3. The molecule has 1 fully saturated rings. The summed E-state index contributed by atoms with van der Waals surface area (Å²) in [5.74, 6) is 1.90. The number of rotatable bonds is 7. The van der Waals surface area contributed by atoms with E-state index in [4.69, 9.17) is 5.11 Å². The predicted octanol–water partition coefficient (Wildman–Crippen LogP) is 1.13. The molecule has 0 aromatic carbocycles. The fraction of sp³-hybridized carbons (Fsp3) is 0.714. The average Bonchev–Trinajstić information content (AvgIpc) is 2.53. The lowest BCUT2D eigenvalue weighted by molar-refractivity contribution is 0.188. The summed E-state index contributed by atoms with van der Waals surface area (Å²) >= 11 is 1.57. The van der Waals surface area contributed by atoms with Gasteiger partial charge in [0.2, 0.25) is 0 Å². The van der Waals surface area contributed by atoms with Crippen LogP contribution in [0.4, 0.5) is 11.6 Å². The van der Waals surface area contributed by atoms with Gasteiger partial charge in [-0.3, -0.25) is 4.90 Å². The highest BCUT2D eigenvalue weighted by Crippen LogP contribution is 2.21. The second kappa shape index (κ2) is 8.41. The zero-order chi connectivity index (χ0) is 15.1. The van der Waals surface area contributed by atoms with Crippen molar-refractivity contribution in [1.29, 1.82) is 0 Å². The van der Waals surface area contributed by atoms with Gasteiger partial charge in [0, 0.05) is 45.3 Å². The quantitative estimate of drug-likeness (QED) is 0.578. The highest BCUT2D eigenvalue weighted by Gasteiger charge is 2.18. The van der Waals surface area contributed by atoms with Crippen molar-refractivity contribution >= 4 is 23.4 Å². The number of aliphatic hydroxyl groups is 1. The van der Waals surface area contributed by atoms with Crippen LogP contribution in [0.5, 0.6) is 0 Å². The largest absolute Gasteiger partial charge is 0.395 e. The third-order valence-corrected chi connectivity index (χ3v) is 4.09. The molecular formula is C14H25N5OS. The van der Waals surface area contributed by atoms with Gasteiger partial charge in [0.1, 0.15) is 11.6 Å². The molecule has 118 valence electrons. The van der Waals surface area contributed by atoms with Crippen molar-refractivity contribution in [2.45, 2.75) is 18.5 Å². The van der Waals surface area contributed by atoms with E-state index in [1.54, 1.807) is 11.8 Å². The van der Waals surface area contributed by atoms with Gasteiger partial charge in [-0.15, -0.1) is 0 Å². The molecule has 2 heterocycles. The van der Waals surface area contributed by atoms with Crippen LogP contribution in [-0.4, -0.2) is 72.1 Å². The molecule has 0 unspecified atom stereocenters. The van der Waals surface area contributed by atoms with Crippen molar-refractivity contribution in [2.75, 3.05) is 62.3 Å². The van der Waals surface area contributed by atoms with Crippen molar-refractivity contribution in [3.8, 4) is 0 Å². The Labute approximate surface area is 131 Å². The van der Waals surface area contributed by atoms with Gasteiger partial charge < -0.3 is 15.3 Å². The van der Waals surface area contributed by atoms with Gasteiger partial charge in [-0.1, -0.05) is 18.7 Å². The summed E-state index contributed by atoms with van der Waals surface area (Å²) in [6.45, 7) is 7.88. The van der Waals surface area contributed by atoms with Crippen LogP contribution >= 0.6 is 11.8 Å². The fourth-order valence-corrected chi connectivity index (χ4v) is 2.73. The van der Waals surface area contributed by atoms with Crippen LogP contribution in [-0.2, 0) is 0 Å². The van der Waals surface area contributed by atoms with Crippen LogP contribution in [0, 0.1) is 0 Å². The first kappa shape index (κ1) is 16.3. The molecule has 0 amide bonds. The van der Waals surface area contributed by atoms with Crippen molar-refractivity contribution in [1.82, 2.24) is 14.9 Å². The van der Waals surface area contributed by atoms with Crippen molar-refractivity contribution < 1.29 is 5.11 Å². The summed E-state index contributed by atoms with van der Waals surface area (Å²) in [5, 5.41) is 13.2. The first-order valence-corrected chi connectivity index (χ1v) is 8.74. The molecular weight excluding hydrogens is 286 g/mol. The Morgan fingerprint density at radius 3 is 2.67 bits per heavy atom. The van der Waals surface area contributed by atoms with Crippen molar-refractivity contribution in [3.63, 3.8) is 0 Å². The maximum absolute atomic E-state index is 9.00. The van der Waals surface area contributed by atoms with E-state index >= 15 is 0 Å². The van der Waals surface area contributed by atoms with Crippen LogP contribution in [0.3, 0.4) is 0 Å². The highest BCUT2D eigenvalue weighted by atomic mass is 32.2. The zero-order valence-electron chi connectivity index (χ0n) is 12.9. The molecule has 1 aromatic rings. The van der Waals surface area contributed by atoms with E-state index in [0.29, 0.717) is 0 Å². The Kier molecular flexibility index (Phi) is 6.53. The minimum Gasteiger partial charge on any atom is -0.395 e. The zero-order valence-corrected chi connectivity index (χ0v) is 13.7. The van der Waals surface area contributed by atoms with Crippen LogP contribution in [0.25, 0.3) is 0 Å². The van der Waals surface area contributed by atoms with Gasteiger partial charge in [0.25, 0.3) is 0 Å². The van der Waals surface area contributed by atoms with Crippen LogP contribution in [0.15, 0.2) is 11.2 Å². The van der Waals surface area contributed by atoms with Gasteiger partial charge in [-0.25, -0.2) is 9.97 Å². The van der Waals surface area contributed by atoms with E-state index in [1.807, 2.05) is 12.3 Å². The van der Waals surface area contributed by atoms with Crippen LogP contribution < -0.4 is 10.2 Å². The van der Waals surface area contributed by atoms with E-state index in [0.717, 1.165) is 62.5 Å². The summed E-state index contributed by atoms with van der Waals surface area (Å²) in [4.78, 5) is 13.7. The topological polar surface area (TPSA) is 64.5 Å². The third kappa shape index (κ3) is 4.72. The number of anilines is 2. The van der Waals surface area contributed by atoms with Crippen molar-refractivity contribution in [2.24, 2.45) is 0 Å². The first-order valence-electron chi connectivity index (χ1n) is 7.52. The molecule has 2 N–H and O–H groups in total.